The van der Waals surface area contributed by atoms with Crippen LogP contribution in [0.15, 0.2) is 69.8 Å². The van der Waals surface area contributed by atoms with E-state index in [0.717, 1.165) is 21.2 Å². The summed E-state index contributed by atoms with van der Waals surface area (Å²) in [7, 11) is 1.57. The van der Waals surface area contributed by atoms with Gasteiger partial charge in [-0.2, -0.15) is 0 Å². The summed E-state index contributed by atoms with van der Waals surface area (Å²) in [5, 5.41) is 0. The van der Waals surface area contributed by atoms with Crippen LogP contribution in [0.3, 0.4) is 0 Å². The lowest BCUT2D eigenvalue weighted by Crippen LogP contribution is -2.05. The zero-order chi connectivity index (χ0) is 19.4. The van der Waals surface area contributed by atoms with Crippen LogP contribution in [0.4, 0.5) is 0 Å². The van der Waals surface area contributed by atoms with Crippen LogP contribution in [-0.2, 0) is 9.53 Å². The standard InChI is InChI=1S/C21H18BrNO4/c1-13(2)12-26-19-11-14(4-9-18(19)25-3)10-17-21(24)27-20(23-17)15-5-7-16(22)8-6-15/h4-11H,1,12H2,2-3H3/b17-10+. The Bertz CT molecular complexity index is 945. The summed E-state index contributed by atoms with van der Waals surface area (Å²) >= 11 is 3.38. The van der Waals surface area contributed by atoms with Crippen molar-refractivity contribution >= 4 is 33.9 Å². The van der Waals surface area contributed by atoms with E-state index in [9.17, 15) is 4.79 Å². The predicted octanol–water partition coefficient (Wildman–Crippen LogP) is 4.76. The van der Waals surface area contributed by atoms with Crippen molar-refractivity contribution in [2.24, 2.45) is 4.99 Å². The lowest BCUT2D eigenvalue weighted by atomic mass is 10.1. The fourth-order valence-corrected chi connectivity index (χ4v) is 2.64. The number of nitrogens with zero attached hydrogens (tertiary/aromatic N) is 1. The molecule has 0 saturated carbocycles. The monoisotopic (exact) mass is 427 g/mol. The van der Waals surface area contributed by atoms with Gasteiger partial charge in [-0.3, -0.25) is 0 Å². The van der Waals surface area contributed by atoms with Crippen molar-refractivity contribution in [2.45, 2.75) is 6.92 Å². The average Bonchev–Trinajstić information content (AvgIpc) is 3.01. The number of rotatable bonds is 6. The van der Waals surface area contributed by atoms with Gasteiger partial charge in [0, 0.05) is 10.0 Å². The maximum atomic E-state index is 12.2. The molecular formula is C21H18BrNO4. The first-order valence-electron chi connectivity index (χ1n) is 8.20. The van der Waals surface area contributed by atoms with Gasteiger partial charge in [-0.1, -0.05) is 28.6 Å². The Morgan fingerprint density at radius 1 is 1.22 bits per heavy atom. The van der Waals surface area contributed by atoms with Crippen molar-refractivity contribution in [3.05, 3.63) is 75.9 Å². The van der Waals surface area contributed by atoms with Crippen LogP contribution in [0.2, 0.25) is 0 Å². The Morgan fingerprint density at radius 2 is 1.96 bits per heavy atom. The van der Waals surface area contributed by atoms with E-state index in [1.54, 1.807) is 25.3 Å². The molecule has 1 heterocycles. The Kier molecular flexibility index (Phi) is 5.76. The number of carbonyl (C=O) groups excluding carboxylic acids is 1. The Hall–Kier alpha value is -2.86. The van der Waals surface area contributed by atoms with Gasteiger partial charge in [0.15, 0.2) is 17.2 Å². The Morgan fingerprint density at radius 3 is 2.63 bits per heavy atom. The topological polar surface area (TPSA) is 57.1 Å². The largest absolute Gasteiger partial charge is 0.493 e. The molecule has 2 aromatic carbocycles. The number of halogens is 1. The molecule has 0 aromatic heterocycles. The molecule has 138 valence electrons. The van der Waals surface area contributed by atoms with Crippen LogP contribution in [0.5, 0.6) is 11.5 Å². The number of esters is 1. The third kappa shape index (κ3) is 4.65. The third-order valence-electron chi connectivity index (χ3n) is 3.68. The molecule has 1 aliphatic rings. The number of aliphatic imine (C=N–C) groups is 1. The number of hydrogen-bond donors (Lipinski definition) is 0. The maximum absolute atomic E-state index is 12.2. The Labute approximate surface area is 166 Å². The summed E-state index contributed by atoms with van der Waals surface area (Å²) in [6.07, 6.45) is 1.65. The second kappa shape index (κ2) is 8.22. The highest BCUT2D eigenvalue weighted by atomic mass is 79.9. The molecule has 0 unspecified atom stereocenters. The lowest BCUT2D eigenvalue weighted by molar-refractivity contribution is -0.129. The first kappa shape index (κ1) is 18.9. The van der Waals surface area contributed by atoms with Crippen molar-refractivity contribution in [3.8, 4) is 11.5 Å². The molecule has 0 saturated heterocycles. The van der Waals surface area contributed by atoms with Crippen molar-refractivity contribution in [1.82, 2.24) is 0 Å². The number of ether oxygens (including phenoxy) is 3. The molecule has 0 aliphatic carbocycles. The predicted molar refractivity (Wildman–Crippen MR) is 108 cm³/mol. The van der Waals surface area contributed by atoms with Gasteiger partial charge >= 0.3 is 5.97 Å². The molecule has 2 aromatic rings. The minimum absolute atomic E-state index is 0.226. The summed E-state index contributed by atoms with van der Waals surface area (Å²) in [6.45, 7) is 6.08. The number of hydrogen-bond acceptors (Lipinski definition) is 5. The van der Waals surface area contributed by atoms with E-state index >= 15 is 0 Å². The van der Waals surface area contributed by atoms with Gasteiger partial charge in [0.25, 0.3) is 0 Å². The number of cyclic esters (lactones) is 1. The van der Waals surface area contributed by atoms with Crippen LogP contribution >= 0.6 is 15.9 Å². The van der Waals surface area contributed by atoms with Gasteiger partial charge in [-0.15, -0.1) is 0 Å². The van der Waals surface area contributed by atoms with Gasteiger partial charge < -0.3 is 14.2 Å². The van der Waals surface area contributed by atoms with E-state index in [1.807, 2.05) is 37.3 Å². The summed E-state index contributed by atoms with van der Waals surface area (Å²) in [5.41, 5.74) is 2.60. The van der Waals surface area contributed by atoms with Crippen molar-refractivity contribution < 1.29 is 19.0 Å². The van der Waals surface area contributed by atoms with E-state index in [-0.39, 0.29) is 11.6 Å². The highest BCUT2D eigenvalue weighted by molar-refractivity contribution is 9.10. The highest BCUT2D eigenvalue weighted by Crippen LogP contribution is 2.30. The molecule has 0 fully saturated rings. The Balaban J connectivity index is 1.88. The molecule has 6 heteroatoms. The van der Waals surface area contributed by atoms with E-state index in [2.05, 4.69) is 27.5 Å². The number of carbonyl (C=O) groups is 1. The van der Waals surface area contributed by atoms with Crippen LogP contribution < -0.4 is 9.47 Å². The van der Waals surface area contributed by atoms with Crippen LogP contribution in [0, 0.1) is 0 Å². The minimum atomic E-state index is -0.492. The molecule has 0 N–H and O–H groups in total. The molecule has 5 nitrogen and oxygen atoms in total. The average molecular weight is 428 g/mol. The smallest absolute Gasteiger partial charge is 0.363 e. The van der Waals surface area contributed by atoms with E-state index in [4.69, 9.17) is 14.2 Å². The molecule has 0 amide bonds. The molecule has 0 bridgehead atoms. The highest BCUT2D eigenvalue weighted by Gasteiger charge is 2.24. The van der Waals surface area contributed by atoms with Gasteiger partial charge in [0.05, 0.1) is 7.11 Å². The SMILES string of the molecule is C=C(C)COc1cc(/C=C2/N=C(c3ccc(Br)cc3)OC2=O)ccc1OC. The van der Waals surface area contributed by atoms with Crippen molar-refractivity contribution in [1.29, 1.82) is 0 Å². The van der Waals surface area contributed by atoms with Gasteiger partial charge in [-0.05, 0) is 60.5 Å². The molecule has 0 atom stereocenters. The van der Waals surface area contributed by atoms with E-state index in [1.165, 1.54) is 0 Å². The van der Waals surface area contributed by atoms with Crippen LogP contribution in [-0.4, -0.2) is 25.6 Å². The quantitative estimate of drug-likeness (QED) is 0.378. The van der Waals surface area contributed by atoms with Crippen LogP contribution in [0.1, 0.15) is 18.1 Å². The fourth-order valence-electron chi connectivity index (χ4n) is 2.38. The summed E-state index contributed by atoms with van der Waals surface area (Å²) in [4.78, 5) is 16.5. The van der Waals surface area contributed by atoms with Gasteiger partial charge in [0.1, 0.15) is 6.61 Å². The van der Waals surface area contributed by atoms with E-state index in [0.29, 0.717) is 18.1 Å². The summed E-state index contributed by atoms with van der Waals surface area (Å²) in [5.74, 6) is 0.962. The molecule has 1 aliphatic heterocycles. The van der Waals surface area contributed by atoms with Crippen molar-refractivity contribution in [3.63, 3.8) is 0 Å². The zero-order valence-electron chi connectivity index (χ0n) is 15.0. The van der Waals surface area contributed by atoms with E-state index < -0.39 is 5.97 Å². The van der Waals surface area contributed by atoms with Gasteiger partial charge in [0.2, 0.25) is 5.90 Å². The normalized spacial score (nSPS) is 14.7. The van der Waals surface area contributed by atoms with Crippen molar-refractivity contribution in [2.75, 3.05) is 13.7 Å². The first-order chi connectivity index (χ1) is 13.0. The lowest BCUT2D eigenvalue weighted by Gasteiger charge is -2.11. The third-order valence-corrected chi connectivity index (χ3v) is 4.21. The second-order valence-electron chi connectivity index (χ2n) is 6.00. The molecule has 0 radical (unpaired) electrons. The van der Waals surface area contributed by atoms with Crippen LogP contribution in [0.25, 0.3) is 6.08 Å². The number of methoxy groups -OCH3 is 1. The maximum Gasteiger partial charge on any atom is 0.363 e. The molecule has 0 spiro atoms. The minimum Gasteiger partial charge on any atom is -0.493 e. The molecule has 3 rings (SSSR count). The molecule has 27 heavy (non-hydrogen) atoms. The summed E-state index contributed by atoms with van der Waals surface area (Å²) in [6, 6.07) is 12.8. The summed E-state index contributed by atoms with van der Waals surface area (Å²) < 4.78 is 17.2. The number of benzene rings is 2. The second-order valence-corrected chi connectivity index (χ2v) is 6.91. The van der Waals surface area contributed by atoms with Gasteiger partial charge in [-0.25, -0.2) is 9.79 Å². The first-order valence-corrected chi connectivity index (χ1v) is 8.99. The zero-order valence-corrected chi connectivity index (χ0v) is 16.6. The molecular weight excluding hydrogens is 410 g/mol. The fraction of sp³-hybridized carbons (Fsp3) is 0.143.